The van der Waals surface area contributed by atoms with Crippen molar-refractivity contribution in [3.8, 4) is 11.3 Å². The van der Waals surface area contributed by atoms with Crippen molar-refractivity contribution in [3.05, 3.63) is 77.5 Å². The normalized spacial score (nSPS) is 11.4. The zero-order chi connectivity index (χ0) is 17.3. The van der Waals surface area contributed by atoms with Gasteiger partial charge >= 0.3 is 0 Å². The quantitative estimate of drug-likeness (QED) is 0.679. The summed E-state index contributed by atoms with van der Waals surface area (Å²) in [6.07, 6.45) is 2.02. The van der Waals surface area contributed by atoms with Crippen LogP contribution in [0, 0.1) is 13.8 Å². The molecule has 0 saturated carbocycles. The summed E-state index contributed by atoms with van der Waals surface area (Å²) < 4.78 is 27.2. The van der Waals surface area contributed by atoms with Gasteiger partial charge in [0.2, 0.25) is 0 Å². The minimum absolute atomic E-state index is 0.191. The molecule has 0 fully saturated rings. The molecule has 0 amide bonds. The van der Waals surface area contributed by atoms with E-state index in [1.807, 2.05) is 38.1 Å². The van der Waals surface area contributed by atoms with E-state index in [4.69, 9.17) is 0 Å². The average Bonchev–Trinajstić information content (AvgIpc) is 3.01. The van der Waals surface area contributed by atoms with Crippen molar-refractivity contribution in [2.45, 2.75) is 18.7 Å². The lowest BCUT2D eigenvalue weighted by Crippen LogP contribution is -2.13. The molecule has 3 aromatic rings. The van der Waals surface area contributed by atoms with Gasteiger partial charge in [-0.3, -0.25) is 4.79 Å². The molecule has 0 bridgehead atoms. The molecule has 0 N–H and O–H groups in total. The number of carbonyl (C=O) groups is 1. The number of aldehydes is 1. The molecule has 0 radical (unpaired) electrons. The van der Waals surface area contributed by atoms with Gasteiger partial charge in [-0.1, -0.05) is 42.0 Å². The van der Waals surface area contributed by atoms with Gasteiger partial charge in [0.25, 0.3) is 10.0 Å². The summed E-state index contributed by atoms with van der Waals surface area (Å²) in [4.78, 5) is 11.4. The lowest BCUT2D eigenvalue weighted by molar-refractivity contribution is 0.112. The first-order valence-electron chi connectivity index (χ1n) is 7.49. The van der Waals surface area contributed by atoms with Crippen molar-refractivity contribution in [2.24, 2.45) is 0 Å². The van der Waals surface area contributed by atoms with Crippen molar-refractivity contribution in [3.63, 3.8) is 0 Å². The van der Waals surface area contributed by atoms with Crippen LogP contribution in [0.15, 0.2) is 65.7 Å². The van der Waals surface area contributed by atoms with Crippen molar-refractivity contribution >= 4 is 16.3 Å². The van der Waals surface area contributed by atoms with Gasteiger partial charge < -0.3 is 0 Å². The van der Waals surface area contributed by atoms with E-state index in [0.717, 1.165) is 16.7 Å². The van der Waals surface area contributed by atoms with Gasteiger partial charge in [-0.15, -0.1) is 0 Å². The molecule has 4 nitrogen and oxygen atoms in total. The van der Waals surface area contributed by atoms with Crippen molar-refractivity contribution < 1.29 is 13.2 Å². The zero-order valence-corrected chi connectivity index (χ0v) is 14.2. The first kappa shape index (κ1) is 16.2. The number of rotatable bonds is 4. The monoisotopic (exact) mass is 339 g/mol. The number of aryl methyl sites for hydroxylation is 2. The second kappa shape index (κ2) is 6.09. The van der Waals surface area contributed by atoms with E-state index in [0.29, 0.717) is 17.5 Å². The smallest absolute Gasteiger partial charge is 0.268 e. The van der Waals surface area contributed by atoms with Gasteiger partial charge in [-0.25, -0.2) is 12.4 Å². The van der Waals surface area contributed by atoms with E-state index in [1.165, 1.54) is 10.2 Å². The second-order valence-corrected chi connectivity index (χ2v) is 7.52. The van der Waals surface area contributed by atoms with Crippen LogP contribution in [0.4, 0.5) is 0 Å². The van der Waals surface area contributed by atoms with Gasteiger partial charge in [0.15, 0.2) is 6.29 Å². The van der Waals surface area contributed by atoms with E-state index in [2.05, 4.69) is 0 Å². The summed E-state index contributed by atoms with van der Waals surface area (Å²) >= 11 is 0. The molecule has 24 heavy (non-hydrogen) atoms. The van der Waals surface area contributed by atoms with Gasteiger partial charge in [0.1, 0.15) is 0 Å². The summed E-state index contributed by atoms with van der Waals surface area (Å²) in [5.74, 6) is 0. The molecule has 3 rings (SSSR count). The highest BCUT2D eigenvalue weighted by molar-refractivity contribution is 7.90. The Bertz CT molecular complexity index is 999. The lowest BCUT2D eigenvalue weighted by atomic mass is 10.1. The number of benzene rings is 2. The van der Waals surface area contributed by atoms with E-state index in [9.17, 15) is 13.2 Å². The minimum atomic E-state index is -3.78. The largest absolute Gasteiger partial charge is 0.298 e. The van der Waals surface area contributed by atoms with Crippen LogP contribution in [0.5, 0.6) is 0 Å². The highest BCUT2D eigenvalue weighted by Crippen LogP contribution is 2.29. The predicted molar refractivity (Wildman–Crippen MR) is 93.8 cm³/mol. The topological polar surface area (TPSA) is 56.1 Å². The van der Waals surface area contributed by atoms with Gasteiger partial charge in [0, 0.05) is 17.3 Å². The third-order valence-electron chi connectivity index (χ3n) is 3.94. The molecular formula is C19H17NO3S. The maximum Gasteiger partial charge on any atom is 0.268 e. The summed E-state index contributed by atoms with van der Waals surface area (Å²) in [6.45, 7) is 3.81. The summed E-state index contributed by atoms with van der Waals surface area (Å²) in [6, 6.07) is 15.8. The van der Waals surface area contributed by atoms with E-state index < -0.39 is 10.0 Å². The maximum absolute atomic E-state index is 13.0. The molecule has 0 saturated heterocycles. The predicted octanol–water partition coefficient (Wildman–Crippen LogP) is 3.82. The summed E-state index contributed by atoms with van der Waals surface area (Å²) in [7, 11) is -3.78. The Morgan fingerprint density at radius 2 is 1.62 bits per heavy atom. The van der Waals surface area contributed by atoms with Crippen LogP contribution >= 0.6 is 0 Å². The fourth-order valence-corrected chi connectivity index (χ4v) is 3.99. The highest BCUT2D eigenvalue weighted by atomic mass is 32.2. The number of hydrogen-bond donors (Lipinski definition) is 0. The van der Waals surface area contributed by atoms with Gasteiger partial charge in [0.05, 0.1) is 10.6 Å². The standard InChI is InChI=1S/C19H17NO3S/c1-14-7-9-17(10-8-14)24(22,23)20-12-16(13-21)11-19(20)18-6-4-3-5-15(18)2/h3-13H,1-2H3. The van der Waals surface area contributed by atoms with Crippen molar-refractivity contribution in [1.29, 1.82) is 0 Å². The lowest BCUT2D eigenvalue weighted by Gasteiger charge is -2.12. The van der Waals surface area contributed by atoms with Crippen LogP contribution < -0.4 is 0 Å². The molecule has 0 aliphatic rings. The molecule has 122 valence electrons. The Kier molecular flexibility index (Phi) is 4.11. The molecule has 0 aliphatic heterocycles. The average molecular weight is 339 g/mol. The van der Waals surface area contributed by atoms with Gasteiger partial charge in [-0.05, 0) is 37.6 Å². The summed E-state index contributed by atoms with van der Waals surface area (Å²) in [5, 5.41) is 0. The number of aromatic nitrogens is 1. The van der Waals surface area contributed by atoms with E-state index >= 15 is 0 Å². The highest BCUT2D eigenvalue weighted by Gasteiger charge is 2.22. The van der Waals surface area contributed by atoms with Crippen molar-refractivity contribution in [2.75, 3.05) is 0 Å². The Morgan fingerprint density at radius 1 is 0.958 bits per heavy atom. The van der Waals surface area contributed by atoms with E-state index in [1.54, 1.807) is 30.3 Å². The minimum Gasteiger partial charge on any atom is -0.298 e. The molecule has 1 aromatic heterocycles. The van der Waals surface area contributed by atoms with Crippen LogP contribution in [0.3, 0.4) is 0 Å². The molecule has 0 spiro atoms. The van der Waals surface area contributed by atoms with Crippen LogP contribution in [-0.4, -0.2) is 18.7 Å². The van der Waals surface area contributed by atoms with Crippen LogP contribution in [-0.2, 0) is 10.0 Å². The third kappa shape index (κ3) is 2.78. The number of nitrogens with zero attached hydrogens (tertiary/aromatic N) is 1. The zero-order valence-electron chi connectivity index (χ0n) is 13.4. The molecule has 0 aliphatic carbocycles. The third-order valence-corrected chi connectivity index (χ3v) is 5.63. The number of carbonyl (C=O) groups excluding carboxylic acids is 1. The second-order valence-electron chi connectivity index (χ2n) is 5.71. The molecule has 2 aromatic carbocycles. The molecular weight excluding hydrogens is 322 g/mol. The Hall–Kier alpha value is -2.66. The van der Waals surface area contributed by atoms with Crippen LogP contribution in [0.1, 0.15) is 21.5 Å². The van der Waals surface area contributed by atoms with Crippen LogP contribution in [0.2, 0.25) is 0 Å². The molecule has 0 atom stereocenters. The first-order chi connectivity index (χ1) is 11.4. The van der Waals surface area contributed by atoms with Crippen LogP contribution in [0.25, 0.3) is 11.3 Å². The fraction of sp³-hybridized carbons (Fsp3) is 0.105. The van der Waals surface area contributed by atoms with E-state index in [-0.39, 0.29) is 4.90 Å². The van der Waals surface area contributed by atoms with Gasteiger partial charge in [-0.2, -0.15) is 0 Å². The molecule has 1 heterocycles. The van der Waals surface area contributed by atoms with Crippen molar-refractivity contribution in [1.82, 2.24) is 3.97 Å². The first-order valence-corrected chi connectivity index (χ1v) is 8.93. The maximum atomic E-state index is 13.0. The Labute approximate surface area is 141 Å². The number of hydrogen-bond acceptors (Lipinski definition) is 3. The SMILES string of the molecule is Cc1ccc(S(=O)(=O)n2cc(C=O)cc2-c2ccccc2C)cc1. The summed E-state index contributed by atoms with van der Waals surface area (Å²) in [5.41, 5.74) is 3.50. The Morgan fingerprint density at radius 3 is 2.25 bits per heavy atom. The fourth-order valence-electron chi connectivity index (χ4n) is 2.61. The molecule has 0 unspecified atom stereocenters. The molecule has 5 heteroatoms. The Balaban J connectivity index is 2.24.